The Balaban J connectivity index is 2.23. The van der Waals surface area contributed by atoms with Crippen molar-refractivity contribution < 1.29 is 14.7 Å². The van der Waals surface area contributed by atoms with E-state index in [1.807, 2.05) is 13.0 Å². The summed E-state index contributed by atoms with van der Waals surface area (Å²) in [5.41, 5.74) is 0.558. The lowest BCUT2D eigenvalue weighted by atomic mass is 9.82. The minimum Gasteiger partial charge on any atom is -0.477 e. The second-order valence-electron chi connectivity index (χ2n) is 5.61. The van der Waals surface area contributed by atoms with Gasteiger partial charge >= 0.3 is 5.97 Å². The van der Waals surface area contributed by atoms with Gasteiger partial charge in [0.05, 0.1) is 8.57 Å². The third-order valence-electron chi connectivity index (χ3n) is 4.11. The van der Waals surface area contributed by atoms with Crippen LogP contribution in [-0.4, -0.2) is 23.5 Å². The summed E-state index contributed by atoms with van der Waals surface area (Å²) in [6.07, 6.45) is 4.00. The van der Waals surface area contributed by atoms with Crippen molar-refractivity contribution in [2.24, 2.45) is 11.8 Å². The maximum absolute atomic E-state index is 12.8. The molecule has 1 saturated carbocycles. The molecular formula is C15H20INO3S. The van der Waals surface area contributed by atoms with Gasteiger partial charge in [0.2, 0.25) is 5.91 Å². The van der Waals surface area contributed by atoms with Gasteiger partial charge in [-0.1, -0.05) is 6.92 Å². The Morgan fingerprint density at radius 2 is 2.00 bits per heavy atom. The average Bonchev–Trinajstić information content (AvgIpc) is 2.82. The number of amides is 1. The number of halogens is 1. The smallest absolute Gasteiger partial charge is 0.348 e. The zero-order chi connectivity index (χ0) is 15.6. The highest BCUT2D eigenvalue weighted by atomic mass is 127. The Hall–Kier alpha value is -0.630. The van der Waals surface area contributed by atoms with Gasteiger partial charge in [-0.15, -0.1) is 11.3 Å². The van der Waals surface area contributed by atoms with E-state index in [4.69, 9.17) is 0 Å². The lowest BCUT2D eigenvalue weighted by molar-refractivity contribution is -0.123. The molecule has 0 unspecified atom stereocenters. The molecule has 0 saturated heterocycles. The number of carboxylic acid groups (broad SMARTS) is 1. The molecule has 1 aliphatic carbocycles. The van der Waals surface area contributed by atoms with Gasteiger partial charge in [-0.05, 0) is 67.2 Å². The molecule has 21 heavy (non-hydrogen) atoms. The van der Waals surface area contributed by atoms with E-state index in [-0.39, 0.29) is 16.7 Å². The first kappa shape index (κ1) is 16.7. The predicted octanol–water partition coefficient (Wildman–Crippen LogP) is 4.23. The van der Waals surface area contributed by atoms with E-state index in [1.165, 1.54) is 11.3 Å². The first-order chi connectivity index (χ1) is 9.93. The lowest BCUT2D eigenvalue weighted by Gasteiger charge is -2.30. The summed E-state index contributed by atoms with van der Waals surface area (Å²) >= 11 is 3.33. The Morgan fingerprint density at radius 3 is 2.52 bits per heavy atom. The number of hydrogen-bond donors (Lipinski definition) is 1. The first-order valence-electron chi connectivity index (χ1n) is 7.28. The van der Waals surface area contributed by atoms with Gasteiger partial charge in [-0.3, -0.25) is 4.79 Å². The third-order valence-corrected chi connectivity index (χ3v) is 5.99. The molecule has 0 spiro atoms. The molecule has 1 aromatic heterocycles. The van der Waals surface area contributed by atoms with E-state index >= 15 is 0 Å². The molecule has 0 aliphatic heterocycles. The minimum absolute atomic E-state index is 0.0420. The van der Waals surface area contributed by atoms with Crippen LogP contribution in [0.5, 0.6) is 0 Å². The van der Waals surface area contributed by atoms with Crippen LogP contribution in [0.25, 0.3) is 0 Å². The monoisotopic (exact) mass is 421 g/mol. The summed E-state index contributed by atoms with van der Waals surface area (Å²) in [4.78, 5) is 26.0. The Kier molecular flexibility index (Phi) is 5.65. The number of thiophene rings is 1. The van der Waals surface area contributed by atoms with E-state index in [0.717, 1.165) is 28.6 Å². The van der Waals surface area contributed by atoms with Crippen molar-refractivity contribution >= 4 is 51.5 Å². The quantitative estimate of drug-likeness (QED) is 0.741. The fourth-order valence-electron chi connectivity index (χ4n) is 2.88. The number of carbonyl (C=O) groups excluding carboxylic acids is 1. The van der Waals surface area contributed by atoms with Crippen molar-refractivity contribution in [2.75, 3.05) is 11.4 Å². The second kappa shape index (κ2) is 7.09. The van der Waals surface area contributed by atoms with Crippen molar-refractivity contribution in [2.45, 2.75) is 39.5 Å². The van der Waals surface area contributed by atoms with E-state index in [2.05, 4.69) is 29.5 Å². The number of carboxylic acids is 1. The van der Waals surface area contributed by atoms with Crippen molar-refractivity contribution in [1.29, 1.82) is 0 Å². The van der Waals surface area contributed by atoms with Crippen molar-refractivity contribution in [3.05, 3.63) is 13.8 Å². The van der Waals surface area contributed by atoms with Crippen LogP contribution in [-0.2, 0) is 4.79 Å². The Morgan fingerprint density at radius 1 is 1.38 bits per heavy atom. The third kappa shape index (κ3) is 3.77. The van der Waals surface area contributed by atoms with Crippen molar-refractivity contribution in [1.82, 2.24) is 0 Å². The number of carbonyl (C=O) groups is 2. The molecule has 1 aliphatic rings. The standard InChI is InChI=1S/C15H20INO3S/c1-3-17(11-8-12(16)21-13(11)15(19)20)14(18)10-6-4-9(2)5-7-10/h8-10H,3-7H2,1-2H3,(H,19,20)/t9-,10-. The summed E-state index contributed by atoms with van der Waals surface area (Å²) in [5.74, 6) is -0.135. The summed E-state index contributed by atoms with van der Waals surface area (Å²) in [5, 5.41) is 9.32. The molecule has 1 N–H and O–H groups in total. The minimum atomic E-state index is -0.957. The van der Waals surface area contributed by atoms with Gasteiger partial charge in [0, 0.05) is 12.5 Å². The van der Waals surface area contributed by atoms with E-state index in [9.17, 15) is 14.7 Å². The molecule has 0 radical (unpaired) electrons. The van der Waals surface area contributed by atoms with Crippen LogP contribution in [0.1, 0.15) is 49.2 Å². The van der Waals surface area contributed by atoms with Gasteiger partial charge in [0.15, 0.2) is 0 Å². The Labute approximate surface area is 142 Å². The normalized spacial score (nSPS) is 22.0. The molecule has 0 aromatic carbocycles. The van der Waals surface area contributed by atoms with Crippen LogP contribution in [0.2, 0.25) is 0 Å². The topological polar surface area (TPSA) is 57.6 Å². The summed E-state index contributed by atoms with van der Waals surface area (Å²) < 4.78 is 0.892. The fourth-order valence-corrected chi connectivity index (χ4v) is 4.56. The van der Waals surface area contributed by atoms with Crippen LogP contribution >= 0.6 is 33.9 Å². The summed E-state index contributed by atoms with van der Waals surface area (Å²) in [6.45, 7) is 4.64. The average molecular weight is 421 g/mol. The zero-order valence-electron chi connectivity index (χ0n) is 12.3. The first-order valence-corrected chi connectivity index (χ1v) is 9.17. The maximum Gasteiger partial charge on any atom is 0.348 e. The summed E-state index contributed by atoms with van der Waals surface area (Å²) in [6, 6.07) is 1.81. The maximum atomic E-state index is 12.8. The highest BCUT2D eigenvalue weighted by Crippen LogP contribution is 2.35. The highest BCUT2D eigenvalue weighted by molar-refractivity contribution is 14.1. The molecule has 2 rings (SSSR count). The van der Waals surface area contributed by atoms with E-state index < -0.39 is 5.97 Å². The number of aromatic carboxylic acids is 1. The van der Waals surface area contributed by atoms with E-state index in [0.29, 0.717) is 18.2 Å². The number of hydrogen-bond acceptors (Lipinski definition) is 3. The number of nitrogens with zero attached hydrogens (tertiary/aromatic N) is 1. The zero-order valence-corrected chi connectivity index (χ0v) is 15.2. The largest absolute Gasteiger partial charge is 0.477 e. The number of anilines is 1. The molecule has 4 nitrogen and oxygen atoms in total. The van der Waals surface area contributed by atoms with E-state index in [1.54, 1.807) is 4.90 Å². The predicted molar refractivity (Wildman–Crippen MR) is 93.1 cm³/mol. The van der Waals surface area contributed by atoms with Gasteiger partial charge < -0.3 is 10.0 Å². The van der Waals surface area contributed by atoms with Gasteiger partial charge in [-0.25, -0.2) is 4.79 Å². The SMILES string of the molecule is CCN(c1cc(I)sc1C(=O)O)C(=O)[C@H]1CC[C@H](C)CC1. The lowest BCUT2D eigenvalue weighted by Crippen LogP contribution is -2.38. The molecule has 1 amide bonds. The van der Waals surface area contributed by atoms with Crippen molar-refractivity contribution in [3.63, 3.8) is 0 Å². The molecule has 0 atom stereocenters. The molecule has 1 fully saturated rings. The van der Waals surface area contributed by atoms with Gasteiger partial charge in [0.1, 0.15) is 4.88 Å². The van der Waals surface area contributed by atoms with Crippen LogP contribution in [0.4, 0.5) is 5.69 Å². The molecular weight excluding hydrogens is 401 g/mol. The Bertz CT molecular complexity index is 535. The molecule has 1 aromatic rings. The van der Waals surface area contributed by atoms with Gasteiger partial charge in [0.25, 0.3) is 0 Å². The van der Waals surface area contributed by atoms with Crippen LogP contribution < -0.4 is 4.90 Å². The number of rotatable bonds is 4. The molecule has 6 heteroatoms. The van der Waals surface area contributed by atoms with Crippen LogP contribution in [0.3, 0.4) is 0 Å². The van der Waals surface area contributed by atoms with Crippen molar-refractivity contribution in [3.8, 4) is 0 Å². The highest BCUT2D eigenvalue weighted by Gasteiger charge is 2.30. The molecule has 116 valence electrons. The molecule has 1 heterocycles. The van der Waals surface area contributed by atoms with Gasteiger partial charge in [-0.2, -0.15) is 0 Å². The van der Waals surface area contributed by atoms with Crippen LogP contribution in [0.15, 0.2) is 6.07 Å². The second-order valence-corrected chi connectivity index (χ2v) is 8.56. The van der Waals surface area contributed by atoms with Crippen LogP contribution in [0, 0.1) is 14.7 Å². The fraction of sp³-hybridized carbons (Fsp3) is 0.600. The molecule has 0 bridgehead atoms. The summed E-state index contributed by atoms with van der Waals surface area (Å²) in [7, 11) is 0.